The number of hydrogen-bond donors (Lipinski definition) is 2. The summed E-state index contributed by atoms with van der Waals surface area (Å²) < 4.78 is 0. The maximum atomic E-state index is 12.2. The molecule has 0 saturated heterocycles. The molecule has 0 radical (unpaired) electrons. The summed E-state index contributed by atoms with van der Waals surface area (Å²) in [5.74, 6) is -1.62. The van der Waals surface area contributed by atoms with Crippen molar-refractivity contribution in [1.82, 2.24) is 5.32 Å². The molecule has 132 valence electrons. The van der Waals surface area contributed by atoms with Gasteiger partial charge in [0.2, 0.25) is 5.91 Å². The number of thiophene rings is 1. The molecule has 1 aromatic rings. The van der Waals surface area contributed by atoms with E-state index in [1.165, 1.54) is 0 Å². The monoisotopic (exact) mass is 351 g/mol. The molecule has 0 aromatic carbocycles. The molecule has 6 heteroatoms. The zero-order valence-corrected chi connectivity index (χ0v) is 15.1. The summed E-state index contributed by atoms with van der Waals surface area (Å²) in [5, 5.41) is 12.2. The number of carbonyl (C=O) groups is 3. The van der Waals surface area contributed by atoms with E-state index in [9.17, 15) is 19.5 Å². The molecule has 0 unspecified atom stereocenters. The third-order valence-corrected chi connectivity index (χ3v) is 5.57. The van der Waals surface area contributed by atoms with E-state index in [1.807, 2.05) is 19.9 Å². The predicted molar refractivity (Wildman–Crippen MR) is 93.5 cm³/mol. The van der Waals surface area contributed by atoms with Crippen molar-refractivity contribution in [1.29, 1.82) is 0 Å². The zero-order valence-electron chi connectivity index (χ0n) is 14.3. The highest BCUT2D eigenvalue weighted by atomic mass is 32.1. The Morgan fingerprint density at radius 1 is 1.17 bits per heavy atom. The van der Waals surface area contributed by atoms with E-state index in [-0.39, 0.29) is 30.6 Å². The second-order valence-corrected chi connectivity index (χ2v) is 7.97. The Kier molecular flexibility index (Phi) is 6.54. The first-order valence-electron chi connectivity index (χ1n) is 8.51. The molecular formula is C18H25NO4S. The number of aryl methyl sites for hydroxylation is 2. The Morgan fingerprint density at radius 2 is 1.88 bits per heavy atom. The summed E-state index contributed by atoms with van der Waals surface area (Å²) in [7, 11) is 0. The minimum Gasteiger partial charge on any atom is -0.481 e. The summed E-state index contributed by atoms with van der Waals surface area (Å²) in [6.07, 6.45) is 4.39. The lowest BCUT2D eigenvalue weighted by Gasteiger charge is -2.22. The van der Waals surface area contributed by atoms with Crippen LogP contribution in [0.2, 0.25) is 0 Å². The van der Waals surface area contributed by atoms with Crippen LogP contribution in [0.15, 0.2) is 6.07 Å². The zero-order chi connectivity index (χ0) is 17.7. The minimum absolute atomic E-state index is 0.0253. The molecule has 0 aliphatic heterocycles. The Hall–Kier alpha value is -1.69. The van der Waals surface area contributed by atoms with Gasteiger partial charge in [-0.2, -0.15) is 0 Å². The average Bonchev–Trinajstić information content (AvgIpc) is 2.72. The van der Waals surface area contributed by atoms with E-state index < -0.39 is 11.9 Å². The van der Waals surface area contributed by atoms with Gasteiger partial charge in [-0.15, -0.1) is 11.3 Å². The van der Waals surface area contributed by atoms with Gasteiger partial charge in [-0.3, -0.25) is 14.4 Å². The van der Waals surface area contributed by atoms with Crippen LogP contribution in [0.3, 0.4) is 0 Å². The second-order valence-electron chi connectivity index (χ2n) is 6.51. The van der Waals surface area contributed by atoms with Gasteiger partial charge in [0, 0.05) is 34.2 Å². The summed E-state index contributed by atoms with van der Waals surface area (Å²) in [4.78, 5) is 37.9. The summed E-state index contributed by atoms with van der Waals surface area (Å²) in [6, 6.07) is 1.55. The molecule has 1 fully saturated rings. The van der Waals surface area contributed by atoms with E-state index in [4.69, 9.17) is 0 Å². The van der Waals surface area contributed by atoms with Gasteiger partial charge in [0.05, 0.1) is 5.92 Å². The second kappa shape index (κ2) is 8.42. The molecular weight excluding hydrogens is 326 g/mol. The van der Waals surface area contributed by atoms with Gasteiger partial charge in [0.25, 0.3) is 0 Å². The van der Waals surface area contributed by atoms with Gasteiger partial charge < -0.3 is 10.4 Å². The molecule has 1 aliphatic carbocycles. The number of nitrogens with one attached hydrogen (secondary N) is 1. The number of carboxylic acids is 1. The fourth-order valence-corrected chi connectivity index (χ4v) is 4.27. The number of rotatable bonds is 6. The van der Waals surface area contributed by atoms with Crippen LogP contribution in [0.25, 0.3) is 0 Å². The molecule has 1 amide bonds. The van der Waals surface area contributed by atoms with E-state index in [0.29, 0.717) is 18.4 Å². The third kappa shape index (κ3) is 4.90. The topological polar surface area (TPSA) is 83.5 Å². The maximum Gasteiger partial charge on any atom is 0.308 e. The lowest BCUT2D eigenvalue weighted by atomic mass is 9.94. The van der Waals surface area contributed by atoms with Gasteiger partial charge in [0.1, 0.15) is 0 Å². The molecule has 0 bridgehead atoms. The SMILES string of the molecule is Cc1cc(C(=O)CCC(=O)N[C@H]2CCCCC[C@H]2C(=O)O)c(C)s1. The van der Waals surface area contributed by atoms with Crippen LogP contribution >= 0.6 is 11.3 Å². The molecule has 1 saturated carbocycles. The predicted octanol–water partition coefficient (Wildman–Crippen LogP) is 3.48. The van der Waals surface area contributed by atoms with Crippen molar-refractivity contribution in [3.63, 3.8) is 0 Å². The van der Waals surface area contributed by atoms with E-state index in [2.05, 4.69) is 5.32 Å². The maximum absolute atomic E-state index is 12.2. The average molecular weight is 351 g/mol. The van der Waals surface area contributed by atoms with Crippen LogP contribution in [0, 0.1) is 19.8 Å². The normalized spacial score (nSPS) is 21.1. The van der Waals surface area contributed by atoms with Crippen LogP contribution in [0.5, 0.6) is 0 Å². The highest BCUT2D eigenvalue weighted by Gasteiger charge is 2.30. The molecule has 2 N–H and O–H groups in total. The fourth-order valence-electron chi connectivity index (χ4n) is 3.32. The van der Waals surface area contributed by atoms with Gasteiger partial charge in [-0.1, -0.05) is 19.3 Å². The summed E-state index contributed by atoms with van der Waals surface area (Å²) in [6.45, 7) is 3.87. The molecule has 2 atom stereocenters. The number of Topliss-reactive ketones (excluding diaryl/α,β-unsaturated/α-hetero) is 1. The Labute approximate surface area is 146 Å². The molecule has 24 heavy (non-hydrogen) atoms. The number of hydrogen-bond acceptors (Lipinski definition) is 4. The van der Waals surface area contributed by atoms with Gasteiger partial charge in [0.15, 0.2) is 5.78 Å². The fraction of sp³-hybridized carbons (Fsp3) is 0.611. The quantitative estimate of drug-likeness (QED) is 0.607. The van der Waals surface area contributed by atoms with Crippen molar-refractivity contribution >= 4 is 29.0 Å². The number of amides is 1. The summed E-state index contributed by atoms with van der Waals surface area (Å²) in [5.41, 5.74) is 0.697. The number of carboxylic acid groups (broad SMARTS) is 1. The molecule has 1 aliphatic rings. The van der Waals surface area contributed by atoms with Crippen LogP contribution in [-0.4, -0.2) is 28.8 Å². The van der Waals surface area contributed by atoms with Crippen molar-refractivity contribution in [2.75, 3.05) is 0 Å². The first-order chi connectivity index (χ1) is 11.4. The van der Waals surface area contributed by atoms with Crippen molar-refractivity contribution in [2.45, 2.75) is 64.8 Å². The van der Waals surface area contributed by atoms with Crippen LogP contribution < -0.4 is 5.32 Å². The Balaban J connectivity index is 1.88. The molecule has 0 spiro atoms. The number of aliphatic carboxylic acids is 1. The first-order valence-corrected chi connectivity index (χ1v) is 9.32. The lowest BCUT2D eigenvalue weighted by Crippen LogP contribution is -2.42. The van der Waals surface area contributed by atoms with Gasteiger partial charge in [-0.25, -0.2) is 0 Å². The van der Waals surface area contributed by atoms with Crippen molar-refractivity contribution in [2.24, 2.45) is 5.92 Å². The molecule has 5 nitrogen and oxygen atoms in total. The van der Waals surface area contributed by atoms with Crippen molar-refractivity contribution in [3.8, 4) is 0 Å². The van der Waals surface area contributed by atoms with Crippen LogP contribution in [-0.2, 0) is 9.59 Å². The minimum atomic E-state index is -0.845. The smallest absolute Gasteiger partial charge is 0.308 e. The number of carbonyl (C=O) groups excluding carboxylic acids is 2. The highest BCUT2D eigenvalue weighted by molar-refractivity contribution is 7.12. The van der Waals surface area contributed by atoms with E-state index in [1.54, 1.807) is 11.3 Å². The Morgan fingerprint density at radius 3 is 2.50 bits per heavy atom. The summed E-state index contributed by atoms with van der Waals surface area (Å²) >= 11 is 1.58. The van der Waals surface area contributed by atoms with E-state index in [0.717, 1.165) is 29.0 Å². The number of ketones is 1. The van der Waals surface area contributed by atoms with Gasteiger partial charge in [-0.05, 0) is 32.8 Å². The standard InChI is InChI=1S/C18H25NO4S/c1-11-10-14(12(2)24-11)16(20)8-9-17(21)19-15-7-5-3-4-6-13(15)18(22)23/h10,13,15H,3-9H2,1-2H3,(H,19,21)(H,22,23)/t13-,15+/m1/s1. The third-order valence-electron chi connectivity index (χ3n) is 4.60. The van der Waals surface area contributed by atoms with Crippen molar-refractivity contribution in [3.05, 3.63) is 21.4 Å². The first kappa shape index (κ1) is 18.6. The van der Waals surface area contributed by atoms with Crippen molar-refractivity contribution < 1.29 is 19.5 Å². The lowest BCUT2D eigenvalue weighted by molar-refractivity contribution is -0.143. The van der Waals surface area contributed by atoms with Crippen LogP contribution in [0.4, 0.5) is 0 Å². The molecule has 2 rings (SSSR count). The molecule has 1 heterocycles. The Bertz CT molecular complexity index is 623. The van der Waals surface area contributed by atoms with Crippen LogP contribution in [0.1, 0.15) is 65.1 Å². The van der Waals surface area contributed by atoms with Gasteiger partial charge >= 0.3 is 5.97 Å². The molecule has 1 aromatic heterocycles. The largest absolute Gasteiger partial charge is 0.481 e. The van der Waals surface area contributed by atoms with E-state index >= 15 is 0 Å². The highest BCUT2D eigenvalue weighted by Crippen LogP contribution is 2.25.